The van der Waals surface area contributed by atoms with Crippen LogP contribution in [0.15, 0.2) is 18.2 Å². The van der Waals surface area contributed by atoms with Crippen LogP contribution in [0.2, 0.25) is 0 Å². The molecule has 76 valence electrons. The number of aryl methyl sites for hydroxylation is 1. The van der Waals surface area contributed by atoms with Crippen LogP contribution in [0.4, 0.5) is 0 Å². The third kappa shape index (κ3) is 2.96. The van der Waals surface area contributed by atoms with Gasteiger partial charge in [-0.25, -0.2) is 0 Å². The van der Waals surface area contributed by atoms with E-state index in [-0.39, 0.29) is 0 Å². The second kappa shape index (κ2) is 4.76. The van der Waals surface area contributed by atoms with Crippen molar-refractivity contribution in [1.82, 2.24) is 5.32 Å². The fourth-order valence-corrected chi connectivity index (χ4v) is 2.25. The summed E-state index contributed by atoms with van der Waals surface area (Å²) in [6.45, 7) is 3.22. The predicted octanol–water partition coefficient (Wildman–Crippen LogP) is 3.08. The maximum absolute atomic E-state index is 3.47. The lowest BCUT2D eigenvalue weighted by atomic mass is 10.3. The summed E-state index contributed by atoms with van der Waals surface area (Å²) in [6, 6.07) is 5.24. The molecule has 0 radical (unpaired) electrons. The number of hydrogen-bond donors (Lipinski definition) is 1. The average Bonchev–Trinajstić information content (AvgIpc) is 2.91. The highest BCUT2D eigenvalue weighted by molar-refractivity contribution is 7.12. The largest absolute Gasteiger partial charge is 0.311 e. The second-order valence-electron chi connectivity index (χ2n) is 3.74. The number of hydrogen-bond acceptors (Lipinski definition) is 2. The van der Waals surface area contributed by atoms with Gasteiger partial charge in [0.15, 0.2) is 0 Å². The first kappa shape index (κ1) is 9.94. The standard InChI is InChI=1S/C12H17NS/c1-2-11-7-8-12(14-11)4-3-9-13-10-5-6-10/h3-4,7-8,10,13H,2,5-6,9H2,1H3. The minimum Gasteiger partial charge on any atom is -0.311 e. The van der Waals surface area contributed by atoms with E-state index in [1.54, 1.807) is 0 Å². The first-order valence-electron chi connectivity index (χ1n) is 5.37. The Morgan fingerprint density at radius 1 is 1.50 bits per heavy atom. The van der Waals surface area contributed by atoms with Crippen LogP contribution in [0, 0.1) is 0 Å². The Balaban J connectivity index is 1.76. The summed E-state index contributed by atoms with van der Waals surface area (Å²) in [7, 11) is 0. The van der Waals surface area contributed by atoms with E-state index < -0.39 is 0 Å². The highest BCUT2D eigenvalue weighted by Gasteiger charge is 2.18. The Kier molecular flexibility index (Phi) is 3.38. The molecule has 0 aliphatic heterocycles. The van der Waals surface area contributed by atoms with Crippen LogP contribution in [0.25, 0.3) is 6.08 Å². The van der Waals surface area contributed by atoms with Gasteiger partial charge in [0.05, 0.1) is 0 Å². The van der Waals surface area contributed by atoms with Crippen molar-refractivity contribution in [3.05, 3.63) is 28.0 Å². The molecule has 1 aliphatic carbocycles. The van der Waals surface area contributed by atoms with Crippen molar-refractivity contribution in [3.63, 3.8) is 0 Å². The highest BCUT2D eigenvalue weighted by atomic mass is 32.1. The molecule has 1 aromatic rings. The number of nitrogens with one attached hydrogen (secondary N) is 1. The van der Waals surface area contributed by atoms with Crippen LogP contribution < -0.4 is 5.32 Å². The van der Waals surface area contributed by atoms with Crippen molar-refractivity contribution in [2.75, 3.05) is 6.54 Å². The SMILES string of the molecule is CCc1ccc(C=CCNC2CC2)s1. The lowest BCUT2D eigenvalue weighted by Crippen LogP contribution is -2.15. The van der Waals surface area contributed by atoms with Crippen molar-refractivity contribution < 1.29 is 0 Å². The predicted molar refractivity (Wildman–Crippen MR) is 63.8 cm³/mol. The van der Waals surface area contributed by atoms with E-state index in [1.807, 2.05) is 11.3 Å². The van der Waals surface area contributed by atoms with Crippen molar-refractivity contribution in [2.24, 2.45) is 0 Å². The van der Waals surface area contributed by atoms with Crippen molar-refractivity contribution in [1.29, 1.82) is 0 Å². The van der Waals surface area contributed by atoms with Gasteiger partial charge in [0.2, 0.25) is 0 Å². The van der Waals surface area contributed by atoms with Crippen LogP contribution >= 0.6 is 11.3 Å². The maximum atomic E-state index is 3.47. The first-order chi connectivity index (χ1) is 6.88. The molecule has 0 spiro atoms. The molecular formula is C12H17NS. The lowest BCUT2D eigenvalue weighted by Gasteiger charge is -1.94. The molecule has 0 unspecified atom stereocenters. The molecule has 0 atom stereocenters. The van der Waals surface area contributed by atoms with Crippen LogP contribution in [-0.2, 0) is 6.42 Å². The fourth-order valence-electron chi connectivity index (χ4n) is 1.37. The molecule has 1 nitrogen and oxygen atoms in total. The summed E-state index contributed by atoms with van der Waals surface area (Å²) in [5.41, 5.74) is 0. The Bertz CT molecular complexity index is 310. The molecule has 1 saturated carbocycles. The van der Waals surface area contributed by atoms with Gasteiger partial charge in [0, 0.05) is 22.3 Å². The van der Waals surface area contributed by atoms with Crippen molar-refractivity contribution in [3.8, 4) is 0 Å². The van der Waals surface area contributed by atoms with Crippen LogP contribution in [-0.4, -0.2) is 12.6 Å². The normalized spacial score (nSPS) is 16.6. The Morgan fingerprint density at radius 2 is 2.36 bits per heavy atom. The summed E-state index contributed by atoms with van der Waals surface area (Å²) < 4.78 is 0. The van der Waals surface area contributed by atoms with Gasteiger partial charge in [-0.05, 0) is 37.5 Å². The zero-order valence-corrected chi connectivity index (χ0v) is 9.44. The quantitative estimate of drug-likeness (QED) is 0.782. The molecule has 1 aliphatic rings. The van der Waals surface area contributed by atoms with E-state index >= 15 is 0 Å². The van der Waals surface area contributed by atoms with Gasteiger partial charge in [0.1, 0.15) is 0 Å². The molecule has 1 fully saturated rings. The average molecular weight is 207 g/mol. The minimum absolute atomic E-state index is 0.814. The monoisotopic (exact) mass is 207 g/mol. The molecule has 0 aromatic carbocycles. The molecule has 2 heteroatoms. The van der Waals surface area contributed by atoms with E-state index in [0.29, 0.717) is 0 Å². The fraction of sp³-hybridized carbons (Fsp3) is 0.500. The van der Waals surface area contributed by atoms with E-state index in [4.69, 9.17) is 0 Å². The smallest absolute Gasteiger partial charge is 0.0270 e. The topological polar surface area (TPSA) is 12.0 Å². The molecule has 0 bridgehead atoms. The summed E-state index contributed by atoms with van der Waals surface area (Å²) in [5.74, 6) is 0. The third-order valence-corrected chi connectivity index (χ3v) is 3.61. The Labute approximate surface area is 89.8 Å². The van der Waals surface area contributed by atoms with Gasteiger partial charge >= 0.3 is 0 Å². The molecule has 14 heavy (non-hydrogen) atoms. The van der Waals surface area contributed by atoms with E-state index in [1.165, 1.54) is 22.6 Å². The van der Waals surface area contributed by atoms with E-state index in [9.17, 15) is 0 Å². The zero-order valence-electron chi connectivity index (χ0n) is 8.62. The number of thiophene rings is 1. The van der Waals surface area contributed by atoms with Gasteiger partial charge in [0.25, 0.3) is 0 Å². The van der Waals surface area contributed by atoms with Crippen LogP contribution in [0.1, 0.15) is 29.5 Å². The molecule has 2 rings (SSSR count). The summed E-state index contributed by atoms with van der Waals surface area (Å²) in [6.07, 6.45) is 8.33. The van der Waals surface area contributed by atoms with Gasteiger partial charge in [-0.1, -0.05) is 13.0 Å². The van der Waals surface area contributed by atoms with Gasteiger partial charge in [-0.15, -0.1) is 11.3 Å². The van der Waals surface area contributed by atoms with Gasteiger partial charge < -0.3 is 5.32 Å². The molecular weight excluding hydrogens is 190 g/mol. The Hall–Kier alpha value is -0.600. The molecule has 0 saturated heterocycles. The molecule has 1 aromatic heterocycles. The van der Waals surface area contributed by atoms with Gasteiger partial charge in [-0.2, -0.15) is 0 Å². The summed E-state index contributed by atoms with van der Waals surface area (Å²) >= 11 is 1.89. The summed E-state index contributed by atoms with van der Waals surface area (Å²) in [4.78, 5) is 2.85. The first-order valence-corrected chi connectivity index (χ1v) is 6.19. The van der Waals surface area contributed by atoms with E-state index in [0.717, 1.165) is 19.0 Å². The van der Waals surface area contributed by atoms with Gasteiger partial charge in [-0.3, -0.25) is 0 Å². The van der Waals surface area contributed by atoms with E-state index in [2.05, 4.69) is 36.5 Å². The van der Waals surface area contributed by atoms with Crippen molar-refractivity contribution in [2.45, 2.75) is 32.2 Å². The minimum atomic E-state index is 0.814. The maximum Gasteiger partial charge on any atom is 0.0270 e. The summed E-state index contributed by atoms with van der Waals surface area (Å²) in [5, 5.41) is 3.47. The third-order valence-electron chi connectivity index (χ3n) is 2.41. The molecule has 0 amide bonds. The Morgan fingerprint density at radius 3 is 3.00 bits per heavy atom. The lowest BCUT2D eigenvalue weighted by molar-refractivity contribution is 0.754. The molecule has 1 N–H and O–H groups in total. The zero-order chi connectivity index (χ0) is 9.80. The molecule has 1 heterocycles. The number of rotatable bonds is 5. The highest BCUT2D eigenvalue weighted by Crippen LogP contribution is 2.19. The second-order valence-corrected chi connectivity index (χ2v) is 4.94. The van der Waals surface area contributed by atoms with Crippen LogP contribution in [0.5, 0.6) is 0 Å². The van der Waals surface area contributed by atoms with Crippen molar-refractivity contribution >= 4 is 17.4 Å². The van der Waals surface area contributed by atoms with Crippen LogP contribution in [0.3, 0.4) is 0 Å².